The van der Waals surface area contributed by atoms with Gasteiger partial charge in [-0.25, -0.2) is 0 Å². The quantitative estimate of drug-likeness (QED) is 0.877. The predicted molar refractivity (Wildman–Crippen MR) is 76.7 cm³/mol. The summed E-state index contributed by atoms with van der Waals surface area (Å²) in [6.07, 6.45) is 4.24. The third-order valence-electron chi connectivity index (χ3n) is 3.53. The van der Waals surface area contributed by atoms with Crippen LogP contribution in [0.4, 0.5) is 0 Å². The molecule has 1 atom stereocenters. The van der Waals surface area contributed by atoms with E-state index in [-0.39, 0.29) is 17.1 Å². The molecule has 0 bridgehead atoms. The number of hydrogen-bond acceptors (Lipinski definition) is 3. The highest BCUT2D eigenvalue weighted by Gasteiger charge is 2.14. The first-order chi connectivity index (χ1) is 9.15. The highest BCUT2D eigenvalue weighted by Crippen LogP contribution is 2.27. The van der Waals surface area contributed by atoms with Crippen molar-refractivity contribution in [1.29, 1.82) is 0 Å². The minimum absolute atomic E-state index is 0.0359. The van der Waals surface area contributed by atoms with E-state index in [9.17, 15) is 9.90 Å². The monoisotopic (exact) mass is 260 g/mol. The molecule has 19 heavy (non-hydrogen) atoms. The molecular formula is C16H20O3. The summed E-state index contributed by atoms with van der Waals surface area (Å²) in [6, 6.07) is 6.22. The van der Waals surface area contributed by atoms with Crippen LogP contribution in [-0.4, -0.2) is 5.11 Å². The van der Waals surface area contributed by atoms with Crippen LogP contribution in [-0.2, 0) is 0 Å². The Balaban J connectivity index is 2.46. The van der Waals surface area contributed by atoms with Crippen molar-refractivity contribution in [3.63, 3.8) is 0 Å². The first kappa shape index (κ1) is 13.7. The second-order valence-corrected chi connectivity index (χ2v) is 4.94. The molecule has 1 aromatic carbocycles. The van der Waals surface area contributed by atoms with Crippen LogP contribution in [0.25, 0.3) is 11.0 Å². The Morgan fingerprint density at radius 1 is 1.26 bits per heavy atom. The number of phenolic OH excluding ortho intramolecular Hbond substituents is 1. The lowest BCUT2D eigenvalue weighted by Gasteiger charge is -2.13. The fraction of sp³-hybridized carbons (Fsp3) is 0.438. The average molecular weight is 260 g/mol. The van der Waals surface area contributed by atoms with Crippen LogP contribution in [0.5, 0.6) is 5.75 Å². The summed E-state index contributed by atoms with van der Waals surface area (Å²) in [4.78, 5) is 12.1. The van der Waals surface area contributed by atoms with E-state index < -0.39 is 0 Å². The van der Waals surface area contributed by atoms with Crippen molar-refractivity contribution in [3.05, 3.63) is 40.2 Å². The van der Waals surface area contributed by atoms with Gasteiger partial charge in [-0.05, 0) is 25.0 Å². The maximum Gasteiger partial charge on any atom is 0.192 e. The molecule has 1 heterocycles. The highest BCUT2D eigenvalue weighted by molar-refractivity contribution is 5.77. The predicted octanol–water partition coefficient (Wildman–Crippen LogP) is 4.18. The summed E-state index contributed by atoms with van der Waals surface area (Å²) >= 11 is 0. The lowest BCUT2D eigenvalue weighted by atomic mass is 9.96. The Morgan fingerprint density at radius 2 is 2.05 bits per heavy atom. The molecule has 0 fully saturated rings. The van der Waals surface area contributed by atoms with Crippen LogP contribution in [0.1, 0.15) is 51.2 Å². The van der Waals surface area contributed by atoms with Crippen molar-refractivity contribution >= 4 is 11.0 Å². The first-order valence-electron chi connectivity index (χ1n) is 6.92. The first-order valence-corrected chi connectivity index (χ1v) is 6.92. The summed E-state index contributed by atoms with van der Waals surface area (Å²) in [7, 11) is 0. The van der Waals surface area contributed by atoms with E-state index in [0.717, 1.165) is 31.4 Å². The normalized spacial score (nSPS) is 12.7. The van der Waals surface area contributed by atoms with Gasteiger partial charge < -0.3 is 9.52 Å². The van der Waals surface area contributed by atoms with E-state index in [1.54, 1.807) is 12.1 Å². The second kappa shape index (κ2) is 5.91. The molecular weight excluding hydrogens is 240 g/mol. The summed E-state index contributed by atoms with van der Waals surface area (Å²) in [6.45, 7) is 4.26. The van der Waals surface area contributed by atoms with Gasteiger partial charge in [-0.1, -0.05) is 26.7 Å². The lowest BCUT2D eigenvalue weighted by molar-refractivity contribution is 0.439. The van der Waals surface area contributed by atoms with E-state index in [4.69, 9.17) is 4.42 Å². The fourth-order valence-corrected chi connectivity index (χ4v) is 2.36. The molecule has 0 radical (unpaired) electrons. The maximum atomic E-state index is 12.1. The van der Waals surface area contributed by atoms with Crippen LogP contribution >= 0.6 is 0 Å². The summed E-state index contributed by atoms with van der Waals surface area (Å²) in [5.74, 6) is 1.13. The van der Waals surface area contributed by atoms with Crippen LogP contribution < -0.4 is 5.43 Å². The van der Waals surface area contributed by atoms with Gasteiger partial charge in [-0.15, -0.1) is 0 Å². The van der Waals surface area contributed by atoms with Crippen molar-refractivity contribution < 1.29 is 9.52 Å². The molecule has 0 amide bonds. The fourth-order valence-electron chi connectivity index (χ4n) is 2.36. The van der Waals surface area contributed by atoms with Gasteiger partial charge in [0, 0.05) is 18.1 Å². The third kappa shape index (κ3) is 2.98. The standard InChI is InChI=1S/C16H20O3/c1-3-5-6-11(4-2)15-10-14(18)13-8-7-12(17)9-16(13)19-15/h7-11,17H,3-6H2,1-2H3. The van der Waals surface area contributed by atoms with Gasteiger partial charge in [0.05, 0.1) is 5.39 Å². The summed E-state index contributed by atoms with van der Waals surface area (Å²) in [5.41, 5.74) is 0.434. The van der Waals surface area contributed by atoms with Crippen LogP contribution in [0.2, 0.25) is 0 Å². The van der Waals surface area contributed by atoms with Crippen molar-refractivity contribution in [2.45, 2.75) is 45.4 Å². The largest absolute Gasteiger partial charge is 0.508 e. The van der Waals surface area contributed by atoms with Gasteiger partial charge in [0.15, 0.2) is 5.43 Å². The molecule has 1 N–H and O–H groups in total. The van der Waals surface area contributed by atoms with Crippen molar-refractivity contribution in [1.82, 2.24) is 0 Å². The molecule has 0 spiro atoms. The molecule has 3 nitrogen and oxygen atoms in total. The van der Waals surface area contributed by atoms with Crippen LogP contribution in [0, 0.1) is 0 Å². The Hall–Kier alpha value is -1.77. The van der Waals surface area contributed by atoms with Gasteiger partial charge in [0.1, 0.15) is 17.1 Å². The smallest absolute Gasteiger partial charge is 0.192 e. The van der Waals surface area contributed by atoms with E-state index in [1.165, 1.54) is 12.1 Å². The van der Waals surface area contributed by atoms with E-state index in [0.29, 0.717) is 11.0 Å². The Morgan fingerprint density at radius 3 is 2.74 bits per heavy atom. The average Bonchev–Trinajstić information content (AvgIpc) is 2.39. The molecule has 2 aromatic rings. The second-order valence-electron chi connectivity index (χ2n) is 4.94. The summed E-state index contributed by atoms with van der Waals surface area (Å²) < 4.78 is 5.81. The lowest BCUT2D eigenvalue weighted by Crippen LogP contribution is -2.06. The van der Waals surface area contributed by atoms with E-state index in [2.05, 4.69) is 13.8 Å². The zero-order valence-corrected chi connectivity index (χ0v) is 11.5. The zero-order chi connectivity index (χ0) is 13.8. The molecule has 0 aliphatic heterocycles. The number of fused-ring (bicyclic) bond motifs is 1. The summed E-state index contributed by atoms with van der Waals surface area (Å²) in [5, 5.41) is 10.0. The topological polar surface area (TPSA) is 50.4 Å². The number of phenols is 1. The van der Waals surface area contributed by atoms with Gasteiger partial charge in [0.25, 0.3) is 0 Å². The molecule has 0 aliphatic carbocycles. The highest BCUT2D eigenvalue weighted by atomic mass is 16.3. The minimum atomic E-state index is -0.0359. The molecule has 0 aliphatic rings. The van der Waals surface area contributed by atoms with Crippen molar-refractivity contribution in [2.75, 3.05) is 0 Å². The number of rotatable bonds is 5. The van der Waals surface area contributed by atoms with E-state index in [1.807, 2.05) is 0 Å². The van der Waals surface area contributed by atoms with Gasteiger partial charge in [0.2, 0.25) is 0 Å². The van der Waals surface area contributed by atoms with Crippen LogP contribution in [0.15, 0.2) is 33.5 Å². The van der Waals surface area contributed by atoms with Crippen molar-refractivity contribution in [2.24, 2.45) is 0 Å². The van der Waals surface area contributed by atoms with E-state index >= 15 is 0 Å². The Labute approximate surface area is 112 Å². The van der Waals surface area contributed by atoms with Gasteiger partial charge >= 0.3 is 0 Å². The number of unbranched alkanes of at least 4 members (excludes halogenated alkanes) is 1. The molecule has 102 valence electrons. The Kier molecular flexibility index (Phi) is 4.25. The number of aromatic hydroxyl groups is 1. The van der Waals surface area contributed by atoms with Crippen molar-refractivity contribution in [3.8, 4) is 5.75 Å². The van der Waals surface area contributed by atoms with Gasteiger partial charge in [-0.3, -0.25) is 4.79 Å². The van der Waals surface area contributed by atoms with Crippen LogP contribution in [0.3, 0.4) is 0 Å². The zero-order valence-electron chi connectivity index (χ0n) is 11.5. The molecule has 0 saturated carbocycles. The Bertz CT molecular complexity index is 613. The van der Waals surface area contributed by atoms with Gasteiger partial charge in [-0.2, -0.15) is 0 Å². The number of benzene rings is 1. The minimum Gasteiger partial charge on any atom is -0.508 e. The molecule has 1 aromatic heterocycles. The molecule has 3 heteroatoms. The molecule has 1 unspecified atom stereocenters. The maximum absolute atomic E-state index is 12.1. The molecule has 2 rings (SSSR count). The molecule has 0 saturated heterocycles. The number of hydrogen-bond donors (Lipinski definition) is 1. The third-order valence-corrected chi connectivity index (χ3v) is 3.53. The SMILES string of the molecule is CCCCC(CC)c1cc(=O)c2ccc(O)cc2o1.